The molecule has 0 bridgehead atoms. The predicted molar refractivity (Wildman–Crippen MR) is 129 cm³/mol. The van der Waals surface area contributed by atoms with Gasteiger partial charge in [-0.25, -0.2) is 0 Å². The number of benzene rings is 4. The van der Waals surface area contributed by atoms with Crippen LogP contribution in [0, 0.1) is 0 Å². The molecule has 32 heavy (non-hydrogen) atoms. The van der Waals surface area contributed by atoms with Crippen molar-refractivity contribution in [3.8, 4) is 0 Å². The van der Waals surface area contributed by atoms with E-state index >= 15 is 0 Å². The Hall–Kier alpha value is -3.89. The highest BCUT2D eigenvalue weighted by molar-refractivity contribution is 5.73. The monoisotopic (exact) mass is 423 g/mol. The van der Waals surface area contributed by atoms with E-state index in [9.17, 15) is 6.21 Å². The van der Waals surface area contributed by atoms with Crippen LogP contribution in [0.15, 0.2) is 115 Å². The minimum absolute atomic E-state index is 0.231. The molecule has 0 heterocycles. The van der Waals surface area contributed by atoms with E-state index in [2.05, 4.69) is 0 Å². The van der Waals surface area contributed by atoms with Gasteiger partial charge in [-0.05, 0) is 40.8 Å². The Bertz CT molecular complexity index is 1090. The van der Waals surface area contributed by atoms with E-state index in [1.54, 1.807) is 0 Å². The molecule has 4 rings (SSSR count). The summed E-state index contributed by atoms with van der Waals surface area (Å²) in [5.74, 6) is -1.03. The minimum Gasteiger partial charge on any atom is -0.480 e. The second-order valence-corrected chi connectivity index (χ2v) is 7.74. The van der Waals surface area contributed by atoms with Gasteiger partial charge in [-0.1, -0.05) is 103 Å². The van der Waals surface area contributed by atoms with E-state index in [-0.39, 0.29) is 6.42 Å². The van der Waals surface area contributed by atoms with Gasteiger partial charge < -0.3 is 16.2 Å². The Labute approximate surface area is 189 Å². The van der Waals surface area contributed by atoms with Crippen LogP contribution >= 0.6 is 0 Å². The SMILES string of the molecule is [2H]N(c1ccc(C[C@H](N)C(=O)O)cc1)C(c1ccccc1)(c1ccccc1)c1ccccc1. The van der Waals surface area contributed by atoms with Gasteiger partial charge in [0.1, 0.15) is 11.6 Å². The topological polar surface area (TPSA) is 75.3 Å². The third kappa shape index (κ3) is 4.41. The molecule has 4 aromatic rings. The van der Waals surface area contributed by atoms with Crippen LogP contribution in [0.2, 0.25) is 1.41 Å². The van der Waals surface area contributed by atoms with E-state index in [4.69, 9.17) is 10.8 Å². The Kier molecular flexibility index (Phi) is 5.95. The molecular weight excluding hydrogens is 396 g/mol. The number of hydrogen-bond donors (Lipinski definition) is 3. The van der Waals surface area contributed by atoms with Crippen molar-refractivity contribution in [1.82, 2.24) is 0 Å². The first kappa shape index (κ1) is 20.0. The number of aliphatic carboxylic acids is 1. The van der Waals surface area contributed by atoms with Crippen LogP contribution in [0.3, 0.4) is 0 Å². The number of carboxylic acid groups (broad SMARTS) is 1. The molecule has 0 fully saturated rings. The van der Waals surface area contributed by atoms with Gasteiger partial charge in [0.05, 0.1) is 0 Å². The standard InChI is InChI=1S/C28H26N2O2/c29-26(27(31)32)20-21-16-18-25(19-17-21)30-28(22-10-4-1-5-11-22,23-12-6-2-7-13-23)24-14-8-3-9-15-24/h1-19,26,30H,20,29H2,(H,31,32)/t26-/m0/s1/i/hD. The van der Waals surface area contributed by atoms with Gasteiger partial charge in [-0.15, -0.1) is 0 Å². The highest BCUT2D eigenvalue weighted by atomic mass is 16.4. The third-order valence-electron chi connectivity index (χ3n) is 5.58. The fourth-order valence-electron chi connectivity index (χ4n) is 3.97. The molecule has 0 unspecified atom stereocenters. The van der Waals surface area contributed by atoms with Crippen molar-refractivity contribution in [1.29, 1.82) is 0 Å². The number of carbonyl (C=O) groups is 1. The van der Waals surface area contributed by atoms with Gasteiger partial charge in [-0.3, -0.25) is 4.79 Å². The molecule has 0 amide bonds. The molecule has 0 saturated carbocycles. The maximum Gasteiger partial charge on any atom is 0.320 e. The number of rotatable bonds is 8. The number of hydrogen-bond acceptors (Lipinski definition) is 3. The summed E-state index contributed by atoms with van der Waals surface area (Å²) >= 11 is 0. The van der Waals surface area contributed by atoms with Crippen molar-refractivity contribution in [3.05, 3.63) is 138 Å². The summed E-state index contributed by atoms with van der Waals surface area (Å²) in [5.41, 5.74) is 9.19. The van der Waals surface area contributed by atoms with E-state index in [0.717, 1.165) is 22.3 Å². The molecule has 4 N–H and O–H groups in total. The van der Waals surface area contributed by atoms with E-state index in [1.807, 2.05) is 115 Å². The lowest BCUT2D eigenvalue weighted by Gasteiger charge is -2.38. The van der Waals surface area contributed by atoms with Gasteiger partial charge >= 0.3 is 5.97 Å². The van der Waals surface area contributed by atoms with E-state index in [0.29, 0.717) is 5.69 Å². The van der Waals surface area contributed by atoms with E-state index < -0.39 is 17.6 Å². The Morgan fingerprint density at radius 3 is 1.56 bits per heavy atom. The van der Waals surface area contributed by atoms with Gasteiger partial charge in [-0.2, -0.15) is 0 Å². The molecule has 0 aliphatic rings. The largest absolute Gasteiger partial charge is 0.480 e. The molecule has 1 atom stereocenters. The van der Waals surface area contributed by atoms with Crippen LogP contribution in [-0.4, -0.2) is 17.1 Å². The lowest BCUT2D eigenvalue weighted by atomic mass is 9.77. The lowest BCUT2D eigenvalue weighted by Crippen LogP contribution is -2.38. The quantitative estimate of drug-likeness (QED) is 0.347. The first-order valence-electron chi connectivity index (χ1n) is 11.0. The summed E-state index contributed by atoms with van der Waals surface area (Å²) in [4.78, 5) is 11.1. The molecule has 4 aromatic carbocycles. The molecule has 0 aliphatic carbocycles. The minimum atomic E-state index is -1.03. The zero-order chi connectivity index (χ0) is 23.3. The fraction of sp³-hybridized carbons (Fsp3) is 0.107. The van der Waals surface area contributed by atoms with Crippen molar-refractivity contribution < 1.29 is 11.3 Å². The third-order valence-corrected chi connectivity index (χ3v) is 5.58. The second-order valence-electron chi connectivity index (χ2n) is 7.74. The zero-order valence-corrected chi connectivity index (χ0v) is 17.6. The Balaban J connectivity index is 1.87. The van der Waals surface area contributed by atoms with Crippen molar-refractivity contribution in [2.75, 3.05) is 5.31 Å². The molecule has 0 radical (unpaired) electrons. The van der Waals surface area contributed by atoms with Crippen LogP contribution in [0.25, 0.3) is 0 Å². The number of carboxylic acids is 1. The van der Waals surface area contributed by atoms with Crippen LogP contribution in [0.1, 0.15) is 22.3 Å². The normalized spacial score (nSPS) is 12.6. The summed E-state index contributed by atoms with van der Waals surface area (Å²) in [7, 11) is 0. The van der Waals surface area contributed by atoms with Crippen molar-refractivity contribution in [2.24, 2.45) is 5.73 Å². The van der Waals surface area contributed by atoms with Gasteiger partial charge in [0.15, 0.2) is 1.41 Å². The molecule has 160 valence electrons. The molecule has 0 saturated heterocycles. The smallest absolute Gasteiger partial charge is 0.320 e. The van der Waals surface area contributed by atoms with Gasteiger partial charge in [0.2, 0.25) is 0 Å². The summed E-state index contributed by atoms with van der Waals surface area (Å²) < 4.78 is 9.43. The van der Waals surface area contributed by atoms with Gasteiger partial charge in [0, 0.05) is 5.69 Å². The van der Waals surface area contributed by atoms with Crippen LogP contribution < -0.4 is 11.0 Å². The zero-order valence-electron chi connectivity index (χ0n) is 18.6. The maximum absolute atomic E-state index is 11.1. The highest BCUT2D eigenvalue weighted by Gasteiger charge is 2.36. The summed E-state index contributed by atoms with van der Waals surface area (Å²) in [6.45, 7) is 0. The summed E-state index contributed by atoms with van der Waals surface area (Å²) in [6.07, 6.45) is 0.231. The average Bonchev–Trinajstić information content (AvgIpc) is 2.87. The van der Waals surface area contributed by atoms with E-state index in [1.165, 1.54) is 5.31 Å². The second kappa shape index (κ2) is 9.50. The van der Waals surface area contributed by atoms with Crippen LogP contribution in [0.5, 0.6) is 0 Å². The van der Waals surface area contributed by atoms with Crippen LogP contribution in [-0.2, 0) is 16.8 Å². The Morgan fingerprint density at radius 2 is 1.19 bits per heavy atom. The first-order valence-corrected chi connectivity index (χ1v) is 10.6. The molecule has 0 spiro atoms. The fourth-order valence-corrected chi connectivity index (χ4v) is 3.97. The van der Waals surface area contributed by atoms with Crippen molar-refractivity contribution >= 4 is 11.7 Å². The molecular formula is C28H26N2O2. The highest BCUT2D eigenvalue weighted by Crippen LogP contribution is 2.39. The predicted octanol–water partition coefficient (Wildman–Crippen LogP) is 5.05. The summed E-state index contributed by atoms with van der Waals surface area (Å²) in [6, 6.07) is 36.5. The van der Waals surface area contributed by atoms with Crippen molar-refractivity contribution in [3.63, 3.8) is 0 Å². The molecule has 0 aliphatic heterocycles. The molecule has 0 aromatic heterocycles. The molecule has 4 nitrogen and oxygen atoms in total. The first-order chi connectivity index (χ1) is 16.0. The molecule has 4 heteroatoms. The van der Waals surface area contributed by atoms with Crippen molar-refractivity contribution in [2.45, 2.75) is 18.0 Å². The maximum atomic E-state index is 11.1. The lowest BCUT2D eigenvalue weighted by molar-refractivity contribution is -0.138. The average molecular weight is 424 g/mol. The number of anilines is 1. The number of nitrogens with one attached hydrogen (secondary N) is 1. The van der Waals surface area contributed by atoms with Crippen LogP contribution in [0.4, 0.5) is 5.69 Å². The van der Waals surface area contributed by atoms with Gasteiger partial charge in [0.25, 0.3) is 0 Å². The number of nitrogens with two attached hydrogens (primary N) is 1. The Morgan fingerprint density at radius 1 is 0.781 bits per heavy atom. The summed E-state index contributed by atoms with van der Waals surface area (Å²) in [5, 5.41) is 10.6.